The largest absolute Gasteiger partial charge is 0.351 e. The number of hydrogen-bond donors (Lipinski definition) is 2. The Labute approximate surface area is 139 Å². The van der Waals surface area contributed by atoms with Crippen molar-refractivity contribution in [2.24, 2.45) is 11.8 Å². The van der Waals surface area contributed by atoms with E-state index in [1.54, 1.807) is 18.5 Å². The highest BCUT2D eigenvalue weighted by atomic mass is 35.5. The molecule has 0 radical (unpaired) electrons. The second-order valence-corrected chi connectivity index (χ2v) is 6.82. The molecule has 1 aliphatic carbocycles. The Bertz CT molecular complexity index is 694. The van der Waals surface area contributed by atoms with E-state index in [4.69, 9.17) is 11.6 Å². The molecule has 0 amide bonds. The zero-order valence-corrected chi connectivity index (χ0v) is 13.4. The summed E-state index contributed by atoms with van der Waals surface area (Å²) in [5, 5.41) is 7.35. The smallest absolute Gasteiger partial charge is 0.222 e. The second kappa shape index (κ2) is 6.06. The van der Waals surface area contributed by atoms with Gasteiger partial charge in [0.1, 0.15) is 5.82 Å². The number of hydrogen-bond acceptors (Lipinski definition) is 4. The van der Waals surface area contributed by atoms with Crippen LogP contribution in [-0.2, 0) is 0 Å². The van der Waals surface area contributed by atoms with Crippen LogP contribution in [0.25, 0.3) is 11.1 Å². The fourth-order valence-corrected chi connectivity index (χ4v) is 3.95. The van der Waals surface area contributed by atoms with Gasteiger partial charge in [0.25, 0.3) is 0 Å². The summed E-state index contributed by atoms with van der Waals surface area (Å²) in [5.41, 5.74) is 1.33. The molecule has 23 heavy (non-hydrogen) atoms. The number of nitrogens with zero attached hydrogens (tertiary/aromatic N) is 2. The first-order chi connectivity index (χ1) is 11.2. The van der Waals surface area contributed by atoms with Crippen LogP contribution >= 0.6 is 11.6 Å². The van der Waals surface area contributed by atoms with E-state index < -0.39 is 0 Å². The molecule has 1 aromatic heterocycles. The first kappa shape index (κ1) is 14.8. The summed E-state index contributed by atoms with van der Waals surface area (Å²) in [6.07, 6.45) is 5.71. The van der Waals surface area contributed by atoms with Crippen LogP contribution in [0.4, 0.5) is 10.3 Å². The molecule has 3 atom stereocenters. The van der Waals surface area contributed by atoms with Gasteiger partial charge in [0, 0.05) is 34.6 Å². The average Bonchev–Trinajstić information content (AvgIpc) is 3.12. The minimum absolute atomic E-state index is 0.322. The SMILES string of the molecule is Fc1ccc(Cl)c(-c2cnc(N[C@H]3C[C@H]4CNC[C@H]4C3)nc2)c1. The molecule has 1 saturated heterocycles. The summed E-state index contributed by atoms with van der Waals surface area (Å²) in [5.74, 6) is 1.85. The molecule has 4 rings (SSSR count). The molecule has 1 aliphatic heterocycles. The number of nitrogens with one attached hydrogen (secondary N) is 2. The van der Waals surface area contributed by atoms with E-state index in [0.29, 0.717) is 28.1 Å². The van der Waals surface area contributed by atoms with E-state index in [1.807, 2.05) is 0 Å². The molecule has 2 heterocycles. The Hall–Kier alpha value is -1.72. The van der Waals surface area contributed by atoms with Gasteiger partial charge in [0.15, 0.2) is 0 Å². The van der Waals surface area contributed by atoms with E-state index in [2.05, 4.69) is 20.6 Å². The van der Waals surface area contributed by atoms with Gasteiger partial charge in [-0.2, -0.15) is 0 Å². The van der Waals surface area contributed by atoms with Crippen molar-refractivity contribution in [3.05, 3.63) is 41.4 Å². The summed E-state index contributed by atoms with van der Waals surface area (Å²) in [4.78, 5) is 8.73. The van der Waals surface area contributed by atoms with Gasteiger partial charge in [-0.25, -0.2) is 14.4 Å². The monoisotopic (exact) mass is 332 g/mol. The van der Waals surface area contributed by atoms with Gasteiger partial charge in [-0.15, -0.1) is 0 Å². The van der Waals surface area contributed by atoms with Crippen molar-refractivity contribution in [3.8, 4) is 11.1 Å². The van der Waals surface area contributed by atoms with Gasteiger partial charge < -0.3 is 10.6 Å². The predicted octanol–water partition coefficient (Wildman–Crippen LogP) is 3.35. The van der Waals surface area contributed by atoms with Gasteiger partial charge in [0.05, 0.1) is 0 Å². The molecule has 2 aliphatic rings. The summed E-state index contributed by atoms with van der Waals surface area (Å²) >= 11 is 6.12. The fraction of sp³-hybridized carbons (Fsp3) is 0.412. The van der Waals surface area contributed by atoms with Gasteiger partial charge in [0.2, 0.25) is 5.95 Å². The lowest BCUT2D eigenvalue weighted by Gasteiger charge is -2.14. The lowest BCUT2D eigenvalue weighted by molar-refractivity contribution is 0.494. The lowest BCUT2D eigenvalue weighted by Crippen LogP contribution is -2.21. The average molecular weight is 333 g/mol. The number of rotatable bonds is 3. The third-order valence-corrected chi connectivity index (χ3v) is 5.21. The Morgan fingerprint density at radius 2 is 1.83 bits per heavy atom. The van der Waals surface area contributed by atoms with Crippen molar-refractivity contribution < 1.29 is 4.39 Å². The number of benzene rings is 1. The molecular formula is C17H18ClFN4. The molecule has 6 heteroatoms. The highest BCUT2D eigenvalue weighted by Crippen LogP contribution is 2.35. The lowest BCUT2D eigenvalue weighted by atomic mass is 10.0. The predicted molar refractivity (Wildman–Crippen MR) is 88.9 cm³/mol. The van der Waals surface area contributed by atoms with Crippen molar-refractivity contribution in [2.45, 2.75) is 18.9 Å². The van der Waals surface area contributed by atoms with E-state index in [-0.39, 0.29) is 5.82 Å². The molecular weight excluding hydrogens is 315 g/mol. The molecule has 0 bridgehead atoms. The molecule has 2 N–H and O–H groups in total. The summed E-state index contributed by atoms with van der Waals surface area (Å²) in [7, 11) is 0. The standard InChI is InChI=1S/C17H18ClFN4/c18-16-2-1-13(19)5-15(16)12-8-21-17(22-9-12)23-14-3-10-6-20-7-11(10)4-14/h1-2,5,8-11,14,20H,3-4,6-7H2,(H,21,22,23)/t10-,11+,14-. The third kappa shape index (κ3) is 3.03. The van der Waals surface area contributed by atoms with Crippen molar-refractivity contribution >= 4 is 17.5 Å². The van der Waals surface area contributed by atoms with Crippen LogP contribution in [0.5, 0.6) is 0 Å². The maximum atomic E-state index is 13.4. The van der Waals surface area contributed by atoms with Crippen LogP contribution in [-0.4, -0.2) is 29.1 Å². The van der Waals surface area contributed by atoms with E-state index in [0.717, 1.165) is 24.9 Å². The molecule has 120 valence electrons. The van der Waals surface area contributed by atoms with Crippen LogP contribution in [0.3, 0.4) is 0 Å². The maximum Gasteiger partial charge on any atom is 0.222 e. The topological polar surface area (TPSA) is 49.8 Å². The Morgan fingerprint density at radius 1 is 1.13 bits per heavy atom. The zero-order chi connectivity index (χ0) is 15.8. The molecule has 1 aromatic carbocycles. The molecule has 2 aromatic rings. The number of fused-ring (bicyclic) bond motifs is 1. The molecule has 2 fully saturated rings. The number of aromatic nitrogens is 2. The van der Waals surface area contributed by atoms with Crippen molar-refractivity contribution in [2.75, 3.05) is 18.4 Å². The number of halogens is 2. The molecule has 0 unspecified atom stereocenters. The van der Waals surface area contributed by atoms with Gasteiger partial charge in [-0.1, -0.05) is 11.6 Å². The van der Waals surface area contributed by atoms with Crippen molar-refractivity contribution in [3.63, 3.8) is 0 Å². The van der Waals surface area contributed by atoms with Crippen LogP contribution < -0.4 is 10.6 Å². The van der Waals surface area contributed by atoms with Crippen molar-refractivity contribution in [1.82, 2.24) is 15.3 Å². The van der Waals surface area contributed by atoms with Gasteiger partial charge in [-0.05, 0) is 56.0 Å². The first-order valence-electron chi connectivity index (χ1n) is 7.94. The van der Waals surface area contributed by atoms with Crippen LogP contribution in [0, 0.1) is 17.7 Å². The van der Waals surface area contributed by atoms with E-state index >= 15 is 0 Å². The quantitative estimate of drug-likeness (QED) is 0.905. The van der Waals surface area contributed by atoms with E-state index in [1.165, 1.54) is 25.0 Å². The van der Waals surface area contributed by atoms with Crippen LogP contribution in [0.1, 0.15) is 12.8 Å². The molecule has 0 spiro atoms. The van der Waals surface area contributed by atoms with Crippen LogP contribution in [0.2, 0.25) is 5.02 Å². The highest BCUT2D eigenvalue weighted by Gasteiger charge is 2.37. The maximum absolute atomic E-state index is 13.4. The zero-order valence-electron chi connectivity index (χ0n) is 12.6. The van der Waals surface area contributed by atoms with Crippen LogP contribution in [0.15, 0.2) is 30.6 Å². The second-order valence-electron chi connectivity index (χ2n) is 6.41. The Balaban J connectivity index is 1.47. The summed E-state index contributed by atoms with van der Waals surface area (Å²) in [6.45, 7) is 2.25. The summed E-state index contributed by atoms with van der Waals surface area (Å²) < 4.78 is 13.4. The highest BCUT2D eigenvalue weighted by molar-refractivity contribution is 6.33. The number of anilines is 1. The Kier molecular flexibility index (Phi) is 3.91. The Morgan fingerprint density at radius 3 is 2.52 bits per heavy atom. The minimum atomic E-state index is -0.322. The first-order valence-corrected chi connectivity index (χ1v) is 8.31. The van der Waals surface area contributed by atoms with Crippen molar-refractivity contribution in [1.29, 1.82) is 0 Å². The third-order valence-electron chi connectivity index (χ3n) is 4.88. The van der Waals surface area contributed by atoms with E-state index in [9.17, 15) is 4.39 Å². The molecule has 4 nitrogen and oxygen atoms in total. The fourth-order valence-electron chi connectivity index (χ4n) is 3.73. The van der Waals surface area contributed by atoms with Gasteiger partial charge in [-0.3, -0.25) is 0 Å². The summed E-state index contributed by atoms with van der Waals surface area (Å²) in [6, 6.07) is 4.73. The normalized spacial score (nSPS) is 26.3. The minimum Gasteiger partial charge on any atom is -0.351 e. The van der Waals surface area contributed by atoms with Gasteiger partial charge >= 0.3 is 0 Å². The molecule has 1 saturated carbocycles.